The lowest BCUT2D eigenvalue weighted by Crippen LogP contribution is -2.22. The van der Waals surface area contributed by atoms with Crippen molar-refractivity contribution >= 4 is 0 Å². The molecule has 234 valence electrons. The highest BCUT2D eigenvalue weighted by Gasteiger charge is 2.15. The van der Waals surface area contributed by atoms with Crippen molar-refractivity contribution in [2.75, 3.05) is 7.11 Å². The molecule has 0 aromatic heterocycles. The lowest BCUT2D eigenvalue weighted by atomic mass is 9.95. The molecule has 1 atom stereocenters. The second-order valence-electron chi connectivity index (χ2n) is 12.9. The molecule has 0 aromatic rings. The van der Waals surface area contributed by atoms with E-state index < -0.39 is 0 Å². The van der Waals surface area contributed by atoms with E-state index in [9.17, 15) is 0 Å². The van der Waals surface area contributed by atoms with Crippen LogP contribution in [0.5, 0.6) is 0 Å². The summed E-state index contributed by atoms with van der Waals surface area (Å²) in [7, 11) is 1.80. The molecular weight excluding hydrogens is 508 g/mol. The van der Waals surface area contributed by atoms with Crippen LogP contribution in [0.4, 0.5) is 0 Å². The van der Waals surface area contributed by atoms with E-state index in [1.807, 2.05) is 0 Å². The molecule has 0 aliphatic carbocycles. The molecule has 0 saturated carbocycles. The van der Waals surface area contributed by atoms with Crippen molar-refractivity contribution in [2.24, 2.45) is 5.92 Å². The smallest absolute Gasteiger partial charge is 0.0622 e. The molecule has 0 heterocycles. The van der Waals surface area contributed by atoms with Crippen molar-refractivity contribution in [3.63, 3.8) is 0 Å². The highest BCUT2D eigenvalue weighted by atomic mass is 16.5. The first-order valence-corrected chi connectivity index (χ1v) is 16.1. The van der Waals surface area contributed by atoms with Gasteiger partial charge in [0.2, 0.25) is 0 Å². The molecule has 0 rings (SSSR count). The van der Waals surface area contributed by atoms with Gasteiger partial charge in [0.25, 0.3) is 0 Å². The van der Waals surface area contributed by atoms with E-state index in [1.165, 1.54) is 52.7 Å². The Bertz CT molecular complexity index is 1050. The van der Waals surface area contributed by atoms with Gasteiger partial charge >= 0.3 is 0 Å². The topological polar surface area (TPSA) is 9.23 Å². The molecule has 0 radical (unpaired) electrons. The van der Waals surface area contributed by atoms with Crippen molar-refractivity contribution in [1.29, 1.82) is 0 Å². The Labute approximate surface area is 262 Å². The number of ether oxygens (including phenoxy) is 1. The van der Waals surface area contributed by atoms with Crippen molar-refractivity contribution in [1.82, 2.24) is 0 Å². The first-order valence-electron chi connectivity index (χ1n) is 16.1. The molecule has 1 heteroatoms. The summed E-state index contributed by atoms with van der Waals surface area (Å²) in [4.78, 5) is 0. The highest BCUT2D eigenvalue weighted by molar-refractivity contribution is 5.31. The fourth-order valence-electron chi connectivity index (χ4n) is 4.20. The van der Waals surface area contributed by atoms with Crippen LogP contribution >= 0.6 is 0 Å². The number of rotatable bonds is 20. The summed E-state index contributed by atoms with van der Waals surface area (Å²) >= 11 is 0. The van der Waals surface area contributed by atoms with Crippen LogP contribution in [0.15, 0.2) is 119 Å². The zero-order valence-corrected chi connectivity index (χ0v) is 29.2. The molecule has 0 saturated heterocycles. The fourth-order valence-corrected chi connectivity index (χ4v) is 4.20. The fraction of sp³-hybridized carbons (Fsp3) is 0.512. The van der Waals surface area contributed by atoms with E-state index in [0.717, 1.165) is 32.1 Å². The van der Waals surface area contributed by atoms with Crippen LogP contribution in [-0.2, 0) is 4.74 Å². The Hall–Kier alpha value is -2.64. The molecule has 0 amide bonds. The van der Waals surface area contributed by atoms with E-state index in [0.29, 0.717) is 5.92 Å². The van der Waals surface area contributed by atoms with Crippen molar-refractivity contribution in [3.8, 4) is 0 Å². The molecule has 1 nitrogen and oxygen atoms in total. The van der Waals surface area contributed by atoms with E-state index in [1.54, 1.807) is 7.11 Å². The highest BCUT2D eigenvalue weighted by Crippen LogP contribution is 2.20. The van der Waals surface area contributed by atoms with Gasteiger partial charge in [0.1, 0.15) is 0 Å². The third-order valence-corrected chi connectivity index (χ3v) is 7.36. The van der Waals surface area contributed by atoms with Crippen molar-refractivity contribution in [2.45, 2.75) is 126 Å². The van der Waals surface area contributed by atoms with Gasteiger partial charge in [-0.05, 0) is 107 Å². The van der Waals surface area contributed by atoms with E-state index in [2.05, 4.69) is 154 Å². The van der Waals surface area contributed by atoms with E-state index >= 15 is 0 Å². The molecule has 1 unspecified atom stereocenters. The molecule has 42 heavy (non-hydrogen) atoms. The van der Waals surface area contributed by atoms with Gasteiger partial charge in [0, 0.05) is 7.11 Å². The maximum absolute atomic E-state index is 5.52. The second-order valence-corrected chi connectivity index (χ2v) is 12.9. The Morgan fingerprint density at radius 2 is 1.19 bits per heavy atom. The van der Waals surface area contributed by atoms with Gasteiger partial charge in [0.15, 0.2) is 0 Å². The van der Waals surface area contributed by atoms with Crippen molar-refractivity contribution in [3.05, 3.63) is 119 Å². The summed E-state index contributed by atoms with van der Waals surface area (Å²) < 4.78 is 5.52. The summed E-state index contributed by atoms with van der Waals surface area (Å²) in [6, 6.07) is 0. The van der Waals surface area contributed by atoms with Crippen LogP contribution in [0.3, 0.4) is 0 Å². The van der Waals surface area contributed by atoms with Gasteiger partial charge in [-0.15, -0.1) is 0 Å². The van der Waals surface area contributed by atoms with Crippen LogP contribution in [0.25, 0.3) is 0 Å². The third kappa shape index (κ3) is 25.1. The minimum absolute atomic E-state index is 0.00402. The molecule has 0 fully saturated rings. The van der Waals surface area contributed by atoms with Gasteiger partial charge in [0.05, 0.1) is 5.60 Å². The third-order valence-electron chi connectivity index (χ3n) is 7.36. The molecular formula is C41H64O. The summed E-state index contributed by atoms with van der Waals surface area (Å²) in [6.07, 6.45) is 40.1. The predicted molar refractivity (Wildman–Crippen MR) is 192 cm³/mol. The number of hydrogen-bond donors (Lipinski definition) is 0. The van der Waals surface area contributed by atoms with E-state index in [-0.39, 0.29) is 5.60 Å². The molecule has 0 aromatic carbocycles. The van der Waals surface area contributed by atoms with Gasteiger partial charge < -0.3 is 4.74 Å². The van der Waals surface area contributed by atoms with Gasteiger partial charge in [-0.2, -0.15) is 0 Å². The Morgan fingerprint density at radius 1 is 0.667 bits per heavy atom. The van der Waals surface area contributed by atoms with Gasteiger partial charge in [-0.1, -0.05) is 138 Å². The largest absolute Gasteiger partial charge is 0.379 e. The van der Waals surface area contributed by atoms with Gasteiger partial charge in [-0.3, -0.25) is 0 Å². The maximum Gasteiger partial charge on any atom is 0.0622 e. The molecule has 0 bridgehead atoms. The van der Waals surface area contributed by atoms with Gasteiger partial charge in [-0.25, -0.2) is 0 Å². The Morgan fingerprint density at radius 3 is 1.79 bits per heavy atom. The Kier molecular flexibility index (Phi) is 22.4. The quantitative estimate of drug-likeness (QED) is 0.104. The predicted octanol–water partition coefficient (Wildman–Crippen LogP) is 13.1. The van der Waals surface area contributed by atoms with Crippen LogP contribution in [0.2, 0.25) is 0 Å². The second kappa shape index (κ2) is 23.9. The SMILES string of the molecule is COC(C)(C)CCCC(C)C/C=C/C(C)=C/C=C/C(C)=C/C=C/C=C(C)/C=C/C=C(\C)CC/C=C(\C)CCC=C(C)C. The number of allylic oxidation sites excluding steroid dienone is 20. The zero-order chi connectivity index (χ0) is 31.8. The molecule has 0 spiro atoms. The summed E-state index contributed by atoms with van der Waals surface area (Å²) in [5, 5.41) is 0. The lowest BCUT2D eigenvalue weighted by Gasteiger charge is -2.23. The summed E-state index contributed by atoms with van der Waals surface area (Å²) in [5.74, 6) is 0.701. The average molecular weight is 573 g/mol. The maximum atomic E-state index is 5.52. The average Bonchev–Trinajstić information content (AvgIpc) is 2.91. The van der Waals surface area contributed by atoms with Crippen LogP contribution < -0.4 is 0 Å². The van der Waals surface area contributed by atoms with Crippen molar-refractivity contribution < 1.29 is 4.74 Å². The molecule has 0 N–H and O–H groups in total. The summed E-state index contributed by atoms with van der Waals surface area (Å²) in [6.45, 7) is 21.9. The number of hydrogen-bond acceptors (Lipinski definition) is 1. The lowest BCUT2D eigenvalue weighted by molar-refractivity contribution is 0.0128. The minimum Gasteiger partial charge on any atom is -0.379 e. The van der Waals surface area contributed by atoms with Crippen LogP contribution in [0, 0.1) is 5.92 Å². The first kappa shape index (κ1) is 39.4. The monoisotopic (exact) mass is 572 g/mol. The van der Waals surface area contributed by atoms with E-state index in [4.69, 9.17) is 4.74 Å². The first-order chi connectivity index (χ1) is 19.8. The van der Waals surface area contributed by atoms with Crippen LogP contribution in [0.1, 0.15) is 121 Å². The molecule has 0 aliphatic heterocycles. The Balaban J connectivity index is 4.52. The standard InChI is InChI=1S/C41H64O/c1-34(2)20-14-23-37(5)26-17-29-38(6)27-15-24-35(3)21-12-13-22-36(4)25-16-28-39(7)30-18-31-40(8)32-19-33-41(9,10)42-11/h12-13,15-16,18,20-22,24-28,30,40H,14,17,19,23,29,31-33H2,1-11H3/b13-12+,24-15+,25-16+,30-18+,35-21+,36-22+,37-26+,38-27+,39-28+. The minimum atomic E-state index is -0.00402. The number of methoxy groups -OCH3 is 1. The molecule has 0 aliphatic rings. The summed E-state index contributed by atoms with van der Waals surface area (Å²) in [5.41, 5.74) is 8.06. The normalized spacial score (nSPS) is 15.6. The van der Waals surface area contributed by atoms with Crippen LogP contribution in [-0.4, -0.2) is 12.7 Å². The zero-order valence-electron chi connectivity index (χ0n) is 29.2.